The Bertz CT molecular complexity index is 1160. The second-order valence-corrected chi connectivity index (χ2v) is 6.60. The average molecular weight is 383 g/mol. The number of fused-ring (bicyclic) bond motifs is 1. The molecule has 0 radical (unpaired) electrons. The van der Waals surface area contributed by atoms with Gasteiger partial charge in [0.15, 0.2) is 0 Å². The number of hydrogen-bond donors (Lipinski definition) is 0. The lowest BCUT2D eigenvalue weighted by Gasteiger charge is -2.14. The molecule has 0 unspecified atom stereocenters. The van der Waals surface area contributed by atoms with Gasteiger partial charge in [-0.25, -0.2) is 9.78 Å². The summed E-state index contributed by atoms with van der Waals surface area (Å²) in [6.07, 6.45) is 3.95. The van der Waals surface area contributed by atoms with Crippen molar-refractivity contribution in [2.45, 2.75) is 0 Å². The molecule has 4 aromatic rings. The first kappa shape index (κ1) is 18.5. The van der Waals surface area contributed by atoms with E-state index in [2.05, 4.69) is 4.57 Å². The monoisotopic (exact) mass is 383 g/mol. The van der Waals surface area contributed by atoms with Crippen molar-refractivity contribution in [2.24, 2.45) is 0 Å². The Morgan fingerprint density at radius 1 is 1.00 bits per heavy atom. The van der Waals surface area contributed by atoms with Crippen LogP contribution in [0.15, 0.2) is 85.1 Å². The number of aromatic nitrogens is 2. The highest BCUT2D eigenvalue weighted by atomic mass is 16.5. The maximum atomic E-state index is 11.9. The molecule has 144 valence electrons. The summed E-state index contributed by atoms with van der Waals surface area (Å²) in [4.78, 5) is 18.7. The summed E-state index contributed by atoms with van der Waals surface area (Å²) < 4.78 is 6.92. The van der Waals surface area contributed by atoms with Crippen LogP contribution in [0.25, 0.3) is 22.8 Å². The fraction of sp³-hybridized carbons (Fsp3) is 0.0833. The highest BCUT2D eigenvalue weighted by molar-refractivity contribution is 5.94. The largest absolute Gasteiger partial charge is 0.465 e. The Hall–Kier alpha value is -3.86. The van der Waals surface area contributed by atoms with Gasteiger partial charge in [-0.15, -0.1) is 0 Å². The Morgan fingerprint density at radius 3 is 2.38 bits per heavy atom. The molecule has 29 heavy (non-hydrogen) atoms. The molecule has 5 nitrogen and oxygen atoms in total. The standard InChI is InChI=1S/C24H21N3O2/c1-26(19-9-5-3-6-10-19)16-15-23-25-21-17-18(24(28)29-2)13-14-22(21)27(23)20-11-7-4-8-12-20/h3-17H,1-2H3/b16-15+. The number of carbonyl (C=O) groups is 1. The molecule has 0 saturated carbocycles. The van der Waals surface area contributed by atoms with Crippen molar-refractivity contribution in [1.82, 2.24) is 9.55 Å². The van der Waals surface area contributed by atoms with Gasteiger partial charge in [-0.1, -0.05) is 36.4 Å². The van der Waals surface area contributed by atoms with E-state index in [1.807, 2.05) is 91.0 Å². The van der Waals surface area contributed by atoms with Crippen LogP contribution in [0.5, 0.6) is 0 Å². The zero-order valence-electron chi connectivity index (χ0n) is 16.3. The first-order valence-corrected chi connectivity index (χ1v) is 9.29. The van der Waals surface area contributed by atoms with Crippen molar-refractivity contribution in [3.05, 3.63) is 96.5 Å². The zero-order chi connectivity index (χ0) is 20.2. The zero-order valence-corrected chi connectivity index (χ0v) is 16.3. The van der Waals surface area contributed by atoms with Crippen LogP contribution >= 0.6 is 0 Å². The summed E-state index contributed by atoms with van der Waals surface area (Å²) in [6.45, 7) is 0. The van der Waals surface area contributed by atoms with Gasteiger partial charge in [0.2, 0.25) is 0 Å². The lowest BCUT2D eigenvalue weighted by Crippen LogP contribution is -2.07. The van der Waals surface area contributed by atoms with Gasteiger partial charge in [0.25, 0.3) is 0 Å². The minimum absolute atomic E-state index is 0.373. The van der Waals surface area contributed by atoms with Crippen molar-refractivity contribution in [3.63, 3.8) is 0 Å². The number of esters is 1. The molecule has 0 aliphatic heterocycles. The minimum Gasteiger partial charge on any atom is -0.465 e. The number of carbonyl (C=O) groups excluding carboxylic acids is 1. The number of para-hydroxylation sites is 2. The van der Waals surface area contributed by atoms with Gasteiger partial charge in [-0.05, 0) is 48.5 Å². The van der Waals surface area contributed by atoms with Gasteiger partial charge in [-0.2, -0.15) is 0 Å². The van der Waals surface area contributed by atoms with Crippen LogP contribution in [0, 0.1) is 0 Å². The van der Waals surface area contributed by atoms with Crippen molar-refractivity contribution < 1.29 is 9.53 Å². The van der Waals surface area contributed by atoms with E-state index in [1.54, 1.807) is 12.1 Å². The van der Waals surface area contributed by atoms with E-state index in [1.165, 1.54) is 7.11 Å². The molecule has 0 aliphatic carbocycles. The average Bonchev–Trinajstić information content (AvgIpc) is 3.15. The third-order valence-corrected chi connectivity index (χ3v) is 4.73. The Kier molecular flexibility index (Phi) is 5.12. The number of nitrogens with zero attached hydrogens (tertiary/aromatic N) is 3. The minimum atomic E-state index is -0.373. The number of rotatable bonds is 5. The molecule has 0 spiro atoms. The molecule has 3 aromatic carbocycles. The summed E-state index contributed by atoms with van der Waals surface area (Å²) in [5.41, 5.74) is 4.22. The van der Waals surface area contributed by atoms with Crippen LogP contribution in [0.2, 0.25) is 0 Å². The second-order valence-electron chi connectivity index (χ2n) is 6.60. The third-order valence-electron chi connectivity index (χ3n) is 4.73. The van der Waals surface area contributed by atoms with E-state index in [9.17, 15) is 4.79 Å². The van der Waals surface area contributed by atoms with Crippen LogP contribution in [0.3, 0.4) is 0 Å². The summed E-state index contributed by atoms with van der Waals surface area (Å²) in [5.74, 6) is 0.401. The second kappa shape index (κ2) is 8.02. The normalized spacial score (nSPS) is 11.1. The molecule has 1 aromatic heterocycles. The first-order chi connectivity index (χ1) is 14.2. The Balaban J connectivity index is 1.81. The summed E-state index contributed by atoms with van der Waals surface area (Å²) in [5, 5.41) is 0. The number of ether oxygens (including phenoxy) is 1. The number of methoxy groups -OCH3 is 1. The number of anilines is 1. The fourth-order valence-electron chi connectivity index (χ4n) is 3.23. The predicted molar refractivity (Wildman–Crippen MR) is 116 cm³/mol. The number of imidazole rings is 1. The molecule has 5 heteroatoms. The first-order valence-electron chi connectivity index (χ1n) is 9.29. The van der Waals surface area contributed by atoms with E-state index in [-0.39, 0.29) is 5.97 Å². The SMILES string of the molecule is COC(=O)c1ccc2c(c1)nc(/C=C/N(C)c1ccccc1)n2-c1ccccc1. The van der Waals surface area contributed by atoms with E-state index in [0.29, 0.717) is 5.56 Å². The Labute approximate surface area is 169 Å². The van der Waals surface area contributed by atoms with Gasteiger partial charge in [0.1, 0.15) is 5.82 Å². The van der Waals surface area contributed by atoms with Crippen molar-refractivity contribution in [3.8, 4) is 5.69 Å². The molecule has 0 N–H and O–H groups in total. The van der Waals surface area contributed by atoms with Crippen LogP contribution in [0.1, 0.15) is 16.2 Å². The smallest absolute Gasteiger partial charge is 0.337 e. The van der Waals surface area contributed by atoms with E-state index in [0.717, 1.165) is 28.2 Å². The highest BCUT2D eigenvalue weighted by Crippen LogP contribution is 2.24. The summed E-state index contributed by atoms with van der Waals surface area (Å²) in [6, 6.07) is 25.6. The van der Waals surface area contributed by atoms with E-state index >= 15 is 0 Å². The van der Waals surface area contributed by atoms with Gasteiger partial charge < -0.3 is 9.64 Å². The molecule has 0 atom stereocenters. The summed E-state index contributed by atoms with van der Waals surface area (Å²) >= 11 is 0. The molecule has 0 bridgehead atoms. The van der Waals surface area contributed by atoms with Crippen molar-refractivity contribution in [1.29, 1.82) is 0 Å². The quantitative estimate of drug-likeness (QED) is 0.459. The molecule has 1 heterocycles. The molecule has 0 saturated heterocycles. The maximum absolute atomic E-state index is 11.9. The predicted octanol–water partition coefficient (Wildman–Crippen LogP) is 4.92. The van der Waals surface area contributed by atoms with Crippen LogP contribution < -0.4 is 4.90 Å². The van der Waals surface area contributed by atoms with E-state index in [4.69, 9.17) is 9.72 Å². The van der Waals surface area contributed by atoms with Crippen molar-refractivity contribution in [2.75, 3.05) is 19.1 Å². The fourth-order valence-corrected chi connectivity index (χ4v) is 3.23. The van der Waals surface area contributed by atoms with Gasteiger partial charge in [0, 0.05) is 24.6 Å². The van der Waals surface area contributed by atoms with Crippen LogP contribution in [-0.4, -0.2) is 29.7 Å². The maximum Gasteiger partial charge on any atom is 0.337 e. The lowest BCUT2D eigenvalue weighted by molar-refractivity contribution is 0.0601. The lowest BCUT2D eigenvalue weighted by atomic mass is 10.2. The molecular formula is C24H21N3O2. The van der Waals surface area contributed by atoms with Gasteiger partial charge in [0.05, 0.1) is 23.7 Å². The van der Waals surface area contributed by atoms with Crippen LogP contribution in [0.4, 0.5) is 5.69 Å². The molecule has 0 aliphatic rings. The van der Waals surface area contributed by atoms with Crippen LogP contribution in [-0.2, 0) is 4.74 Å². The van der Waals surface area contributed by atoms with Gasteiger partial charge >= 0.3 is 5.97 Å². The molecule has 4 rings (SSSR count). The molecule has 0 fully saturated rings. The molecule has 0 amide bonds. The summed E-state index contributed by atoms with van der Waals surface area (Å²) in [7, 11) is 3.37. The van der Waals surface area contributed by atoms with Crippen molar-refractivity contribution >= 4 is 28.8 Å². The number of hydrogen-bond acceptors (Lipinski definition) is 4. The van der Waals surface area contributed by atoms with Gasteiger partial charge in [-0.3, -0.25) is 4.57 Å². The molecular weight excluding hydrogens is 362 g/mol. The topological polar surface area (TPSA) is 47.4 Å². The highest BCUT2D eigenvalue weighted by Gasteiger charge is 2.14. The van der Waals surface area contributed by atoms with E-state index < -0.39 is 0 Å². The number of benzene rings is 3. The third kappa shape index (κ3) is 3.75. The Morgan fingerprint density at radius 2 is 1.69 bits per heavy atom.